The third-order valence-corrected chi connectivity index (χ3v) is 4.26. The lowest BCUT2D eigenvalue weighted by molar-refractivity contribution is -0.384. The Labute approximate surface area is 163 Å². The topological polar surface area (TPSA) is 114 Å². The molecule has 1 aromatic heterocycles. The van der Waals surface area contributed by atoms with Crippen molar-refractivity contribution in [2.24, 2.45) is 0 Å². The van der Waals surface area contributed by atoms with Crippen LogP contribution >= 0.6 is 11.3 Å². The number of carbonyl (C=O) groups excluding carboxylic acids is 2. The number of amides is 2. The van der Waals surface area contributed by atoms with Crippen LogP contribution in [0.15, 0.2) is 71.9 Å². The average Bonchev–Trinajstić information content (AvgIpc) is 3.21. The Morgan fingerprint density at radius 3 is 2.57 bits per heavy atom. The molecule has 0 atom stereocenters. The number of thiazole rings is 1. The SMILES string of the molecule is O=C(Nc1nccs1)/C(=C/c1cccc([N+](=O)[O-])c1)NC(=O)c1ccccc1. The monoisotopic (exact) mass is 394 g/mol. The van der Waals surface area contributed by atoms with Crippen molar-refractivity contribution in [1.82, 2.24) is 10.3 Å². The van der Waals surface area contributed by atoms with Crippen LogP contribution in [0.3, 0.4) is 0 Å². The minimum Gasteiger partial charge on any atom is -0.317 e. The van der Waals surface area contributed by atoms with Crippen LogP contribution < -0.4 is 10.6 Å². The quantitative estimate of drug-likeness (QED) is 0.377. The fourth-order valence-electron chi connectivity index (χ4n) is 2.29. The molecule has 1 heterocycles. The van der Waals surface area contributed by atoms with E-state index >= 15 is 0 Å². The van der Waals surface area contributed by atoms with Crippen molar-refractivity contribution >= 4 is 40.0 Å². The predicted octanol–water partition coefficient (Wildman–Crippen LogP) is 3.46. The Kier molecular flexibility index (Phi) is 5.87. The molecule has 2 amide bonds. The zero-order valence-corrected chi connectivity index (χ0v) is 15.2. The first-order valence-electron chi connectivity index (χ1n) is 8.06. The summed E-state index contributed by atoms with van der Waals surface area (Å²) in [5.74, 6) is -1.07. The smallest absolute Gasteiger partial charge is 0.273 e. The minimum atomic E-state index is -0.592. The molecule has 0 aliphatic rings. The number of rotatable bonds is 6. The Morgan fingerprint density at radius 2 is 1.89 bits per heavy atom. The van der Waals surface area contributed by atoms with Crippen molar-refractivity contribution in [3.63, 3.8) is 0 Å². The van der Waals surface area contributed by atoms with Crippen LogP contribution in [-0.4, -0.2) is 21.7 Å². The van der Waals surface area contributed by atoms with Crippen LogP contribution in [0.25, 0.3) is 6.08 Å². The normalized spacial score (nSPS) is 10.9. The first-order valence-corrected chi connectivity index (χ1v) is 8.94. The van der Waals surface area contributed by atoms with Crippen molar-refractivity contribution in [3.8, 4) is 0 Å². The van der Waals surface area contributed by atoms with Gasteiger partial charge >= 0.3 is 0 Å². The highest BCUT2D eigenvalue weighted by Gasteiger charge is 2.16. The third kappa shape index (κ3) is 4.86. The summed E-state index contributed by atoms with van der Waals surface area (Å²) in [5, 5.41) is 18.2. The number of anilines is 1. The molecule has 0 unspecified atom stereocenters. The van der Waals surface area contributed by atoms with Gasteiger partial charge < -0.3 is 5.32 Å². The molecule has 0 spiro atoms. The number of nitro benzene ring substituents is 1. The van der Waals surface area contributed by atoms with Gasteiger partial charge in [-0.3, -0.25) is 25.0 Å². The van der Waals surface area contributed by atoms with Crippen LogP contribution in [0.5, 0.6) is 0 Å². The van der Waals surface area contributed by atoms with E-state index in [1.165, 1.54) is 41.8 Å². The van der Waals surface area contributed by atoms with Crippen molar-refractivity contribution in [3.05, 3.63) is 93.1 Å². The Bertz CT molecular complexity index is 1030. The zero-order chi connectivity index (χ0) is 19.9. The number of nitro groups is 1. The summed E-state index contributed by atoms with van der Waals surface area (Å²) in [6.45, 7) is 0. The Balaban J connectivity index is 1.91. The van der Waals surface area contributed by atoms with Gasteiger partial charge in [-0.1, -0.05) is 30.3 Å². The maximum Gasteiger partial charge on any atom is 0.273 e. The largest absolute Gasteiger partial charge is 0.317 e. The van der Waals surface area contributed by atoms with Crippen molar-refractivity contribution < 1.29 is 14.5 Å². The maximum atomic E-state index is 12.6. The van der Waals surface area contributed by atoms with E-state index in [9.17, 15) is 19.7 Å². The second-order valence-electron chi connectivity index (χ2n) is 5.52. The van der Waals surface area contributed by atoms with Crippen LogP contribution in [0.4, 0.5) is 10.8 Å². The lowest BCUT2D eigenvalue weighted by atomic mass is 10.1. The van der Waals surface area contributed by atoms with Crippen molar-refractivity contribution in [2.45, 2.75) is 0 Å². The number of benzene rings is 2. The molecule has 3 aromatic rings. The highest BCUT2D eigenvalue weighted by atomic mass is 32.1. The van der Waals surface area contributed by atoms with Crippen molar-refractivity contribution in [2.75, 3.05) is 5.32 Å². The Morgan fingerprint density at radius 1 is 1.11 bits per heavy atom. The van der Waals surface area contributed by atoms with Crippen LogP contribution in [0, 0.1) is 10.1 Å². The molecule has 0 aliphatic heterocycles. The van der Waals surface area contributed by atoms with E-state index in [4.69, 9.17) is 0 Å². The first kappa shape index (κ1) is 18.9. The molecular weight excluding hydrogens is 380 g/mol. The van der Waals surface area contributed by atoms with Gasteiger partial charge in [0.1, 0.15) is 5.70 Å². The second kappa shape index (κ2) is 8.69. The number of non-ortho nitro benzene ring substituents is 1. The molecule has 8 nitrogen and oxygen atoms in total. The molecule has 140 valence electrons. The van der Waals surface area contributed by atoms with Gasteiger partial charge in [-0.15, -0.1) is 11.3 Å². The van der Waals surface area contributed by atoms with E-state index in [0.717, 1.165) is 0 Å². The minimum absolute atomic E-state index is 0.0652. The van der Waals surface area contributed by atoms with E-state index in [-0.39, 0.29) is 11.4 Å². The van der Waals surface area contributed by atoms with Gasteiger partial charge in [-0.05, 0) is 23.8 Å². The number of aromatic nitrogens is 1. The number of hydrogen-bond donors (Lipinski definition) is 2. The fourth-order valence-corrected chi connectivity index (χ4v) is 2.81. The van der Waals surface area contributed by atoms with Crippen LogP contribution in [0.1, 0.15) is 15.9 Å². The molecule has 0 bridgehead atoms. The van der Waals surface area contributed by atoms with Gasteiger partial charge in [0.25, 0.3) is 17.5 Å². The van der Waals surface area contributed by atoms with Gasteiger partial charge in [0.2, 0.25) is 0 Å². The summed E-state index contributed by atoms with van der Waals surface area (Å²) in [7, 11) is 0. The maximum absolute atomic E-state index is 12.6. The number of nitrogens with one attached hydrogen (secondary N) is 2. The summed E-state index contributed by atoms with van der Waals surface area (Å²) in [6.07, 6.45) is 2.91. The zero-order valence-electron chi connectivity index (χ0n) is 14.4. The van der Waals surface area contributed by atoms with Crippen molar-refractivity contribution in [1.29, 1.82) is 0 Å². The van der Waals surface area contributed by atoms with E-state index in [2.05, 4.69) is 15.6 Å². The molecule has 28 heavy (non-hydrogen) atoms. The molecule has 0 radical (unpaired) electrons. The fraction of sp³-hybridized carbons (Fsp3) is 0. The van der Waals surface area contributed by atoms with Gasteiger partial charge in [0.15, 0.2) is 5.13 Å². The van der Waals surface area contributed by atoms with Crippen LogP contribution in [0.2, 0.25) is 0 Å². The molecule has 2 aromatic carbocycles. The number of hydrogen-bond acceptors (Lipinski definition) is 6. The highest BCUT2D eigenvalue weighted by Crippen LogP contribution is 2.17. The lowest BCUT2D eigenvalue weighted by Crippen LogP contribution is -2.30. The van der Waals surface area contributed by atoms with E-state index < -0.39 is 16.7 Å². The molecule has 0 saturated carbocycles. The number of carbonyl (C=O) groups is 2. The summed E-state index contributed by atoms with van der Waals surface area (Å²) in [6, 6.07) is 14.1. The summed E-state index contributed by atoms with van der Waals surface area (Å²) < 4.78 is 0. The summed E-state index contributed by atoms with van der Waals surface area (Å²) in [5.41, 5.74) is 0.578. The molecule has 2 N–H and O–H groups in total. The number of nitrogens with zero attached hydrogens (tertiary/aromatic N) is 2. The van der Waals surface area contributed by atoms with E-state index in [1.54, 1.807) is 41.8 Å². The molecule has 0 saturated heterocycles. The average molecular weight is 394 g/mol. The van der Waals surface area contributed by atoms with Crippen LogP contribution in [-0.2, 0) is 4.79 Å². The molecule has 9 heteroatoms. The Hall–Kier alpha value is -3.85. The molecular formula is C19H14N4O4S. The first-order chi connectivity index (χ1) is 13.5. The van der Waals surface area contributed by atoms with E-state index in [1.807, 2.05) is 0 Å². The predicted molar refractivity (Wildman–Crippen MR) is 106 cm³/mol. The van der Waals surface area contributed by atoms with Gasteiger partial charge in [0.05, 0.1) is 4.92 Å². The standard InChI is InChI=1S/C19H14N4O4S/c24-17(14-6-2-1-3-7-14)21-16(18(25)22-19-20-9-10-28-19)12-13-5-4-8-15(11-13)23(26)27/h1-12H,(H,21,24)(H,20,22,25)/b16-12-. The summed E-state index contributed by atoms with van der Waals surface area (Å²) >= 11 is 1.22. The molecule has 3 rings (SSSR count). The third-order valence-electron chi connectivity index (χ3n) is 3.57. The van der Waals surface area contributed by atoms with Gasteiger partial charge in [-0.25, -0.2) is 4.98 Å². The highest BCUT2D eigenvalue weighted by molar-refractivity contribution is 7.13. The van der Waals surface area contributed by atoms with Gasteiger partial charge in [0, 0.05) is 29.3 Å². The second-order valence-corrected chi connectivity index (χ2v) is 6.42. The van der Waals surface area contributed by atoms with Gasteiger partial charge in [-0.2, -0.15) is 0 Å². The molecule has 0 aliphatic carbocycles. The van der Waals surface area contributed by atoms with E-state index in [0.29, 0.717) is 16.3 Å². The molecule has 0 fully saturated rings. The summed E-state index contributed by atoms with van der Waals surface area (Å²) in [4.78, 5) is 39.5. The lowest BCUT2D eigenvalue weighted by Gasteiger charge is -2.10.